The van der Waals surface area contributed by atoms with Crippen molar-refractivity contribution in [3.8, 4) is 23.1 Å². The molecule has 0 radical (unpaired) electrons. The molecule has 10 heteroatoms. The fourth-order valence-corrected chi connectivity index (χ4v) is 4.71. The van der Waals surface area contributed by atoms with Crippen molar-refractivity contribution in [1.82, 2.24) is 14.9 Å². The van der Waals surface area contributed by atoms with Crippen molar-refractivity contribution in [3.63, 3.8) is 0 Å². The predicted molar refractivity (Wildman–Crippen MR) is 151 cm³/mol. The highest BCUT2D eigenvalue weighted by atomic mass is 16.6. The first kappa shape index (κ1) is 27.0. The molecule has 1 amide bonds. The molecule has 10 nitrogen and oxygen atoms in total. The van der Waals surface area contributed by atoms with Crippen molar-refractivity contribution in [2.45, 2.75) is 25.9 Å². The van der Waals surface area contributed by atoms with Crippen LogP contribution in [0.5, 0.6) is 5.75 Å². The van der Waals surface area contributed by atoms with Crippen molar-refractivity contribution in [2.24, 2.45) is 0 Å². The Morgan fingerprint density at radius 3 is 2.55 bits per heavy atom. The number of anilines is 3. The average Bonchev–Trinajstić information content (AvgIpc) is 2.98. The van der Waals surface area contributed by atoms with Gasteiger partial charge >= 0.3 is 6.09 Å². The minimum atomic E-state index is -0.392. The zero-order valence-electron chi connectivity index (χ0n) is 22.5. The number of carbonyl (C=O) groups excluding carboxylic acids is 1. The van der Waals surface area contributed by atoms with Gasteiger partial charge in [-0.2, -0.15) is 5.26 Å². The maximum Gasteiger partial charge on any atom is 0.414 e. The van der Waals surface area contributed by atoms with E-state index in [1.165, 1.54) is 0 Å². The van der Waals surface area contributed by atoms with E-state index in [1.54, 1.807) is 30.2 Å². The van der Waals surface area contributed by atoms with E-state index in [2.05, 4.69) is 45.0 Å². The van der Waals surface area contributed by atoms with E-state index in [0.29, 0.717) is 54.6 Å². The SMILES string of the molecule is C=C(C)OC(=O)N1CCC(Oc2ccc(-c3ccnc(Nc4ccc(N5CCOCC5)cc4)n3)cc2C#N)CC1. The van der Waals surface area contributed by atoms with Gasteiger partial charge in [0, 0.05) is 62.2 Å². The minimum Gasteiger partial charge on any atom is -0.489 e. The van der Waals surface area contributed by atoms with Crippen LogP contribution in [0.25, 0.3) is 11.3 Å². The Kier molecular flexibility index (Phi) is 8.42. The van der Waals surface area contributed by atoms with Gasteiger partial charge in [0.05, 0.1) is 30.2 Å². The molecular weight excluding hydrogens is 508 g/mol. The predicted octanol–water partition coefficient (Wildman–Crippen LogP) is 5.11. The Morgan fingerprint density at radius 2 is 1.85 bits per heavy atom. The zero-order chi connectivity index (χ0) is 27.9. The molecular formula is C30H32N6O4. The second kappa shape index (κ2) is 12.5. The van der Waals surface area contributed by atoms with Gasteiger partial charge < -0.3 is 29.3 Å². The van der Waals surface area contributed by atoms with Gasteiger partial charge in [-0.25, -0.2) is 14.8 Å². The second-order valence-corrected chi connectivity index (χ2v) is 9.73. The second-order valence-electron chi connectivity index (χ2n) is 9.73. The number of amides is 1. The summed E-state index contributed by atoms with van der Waals surface area (Å²) in [6.45, 7) is 9.55. The number of nitriles is 1. The maximum absolute atomic E-state index is 12.1. The molecule has 2 aromatic carbocycles. The summed E-state index contributed by atoms with van der Waals surface area (Å²) in [6.07, 6.45) is 2.49. The molecule has 206 valence electrons. The molecule has 1 aromatic heterocycles. The molecule has 1 N–H and O–H groups in total. The monoisotopic (exact) mass is 540 g/mol. The number of allylic oxidation sites excluding steroid dienone is 1. The highest BCUT2D eigenvalue weighted by molar-refractivity contribution is 5.69. The van der Waals surface area contributed by atoms with Gasteiger partial charge in [-0.3, -0.25) is 0 Å². The molecule has 0 unspecified atom stereocenters. The summed E-state index contributed by atoms with van der Waals surface area (Å²) in [7, 11) is 0. The van der Waals surface area contributed by atoms with E-state index >= 15 is 0 Å². The molecule has 5 rings (SSSR count). The molecule has 0 aliphatic carbocycles. The highest BCUT2D eigenvalue weighted by Crippen LogP contribution is 2.29. The smallest absolute Gasteiger partial charge is 0.414 e. The number of aromatic nitrogens is 2. The molecule has 0 bridgehead atoms. The number of nitrogens with one attached hydrogen (secondary N) is 1. The lowest BCUT2D eigenvalue weighted by Gasteiger charge is -2.31. The number of hydrogen-bond donors (Lipinski definition) is 1. The van der Waals surface area contributed by atoms with Crippen LogP contribution < -0.4 is 15.0 Å². The van der Waals surface area contributed by atoms with Gasteiger partial charge in [-0.15, -0.1) is 0 Å². The first-order valence-electron chi connectivity index (χ1n) is 13.3. The number of hydrogen-bond acceptors (Lipinski definition) is 9. The summed E-state index contributed by atoms with van der Waals surface area (Å²) < 4.78 is 16.7. The van der Waals surface area contributed by atoms with Crippen LogP contribution >= 0.6 is 0 Å². The van der Waals surface area contributed by atoms with Crippen molar-refractivity contribution >= 4 is 23.4 Å². The summed E-state index contributed by atoms with van der Waals surface area (Å²) >= 11 is 0. The third-order valence-corrected chi connectivity index (χ3v) is 6.81. The summed E-state index contributed by atoms with van der Waals surface area (Å²) in [5.41, 5.74) is 3.94. The third-order valence-electron chi connectivity index (χ3n) is 6.81. The van der Waals surface area contributed by atoms with Crippen LogP contribution in [0.15, 0.2) is 67.1 Å². The van der Waals surface area contributed by atoms with Crippen LogP contribution in [-0.2, 0) is 9.47 Å². The summed E-state index contributed by atoms with van der Waals surface area (Å²) in [5.74, 6) is 1.35. The largest absolute Gasteiger partial charge is 0.489 e. The van der Waals surface area contributed by atoms with Crippen molar-refractivity contribution in [1.29, 1.82) is 5.26 Å². The molecule has 0 spiro atoms. The molecule has 40 heavy (non-hydrogen) atoms. The standard InChI is InChI=1S/C30H32N6O4/c1-21(2)39-30(37)36-13-10-26(11-14-36)40-28-8-3-22(19-23(28)20-31)27-9-12-32-29(34-27)33-24-4-6-25(7-5-24)35-15-17-38-18-16-35/h3-9,12,19,26H,1,10-11,13-18H2,2H3,(H,32,33,34). The van der Waals surface area contributed by atoms with Gasteiger partial charge in [0.15, 0.2) is 0 Å². The highest BCUT2D eigenvalue weighted by Gasteiger charge is 2.26. The molecule has 3 heterocycles. The van der Waals surface area contributed by atoms with E-state index in [-0.39, 0.29) is 6.10 Å². The van der Waals surface area contributed by atoms with Crippen molar-refractivity contribution < 1.29 is 19.0 Å². The molecule has 2 saturated heterocycles. The van der Waals surface area contributed by atoms with Crippen LogP contribution in [-0.4, -0.2) is 66.5 Å². The van der Waals surface area contributed by atoms with Crippen LogP contribution in [0.4, 0.5) is 22.1 Å². The van der Waals surface area contributed by atoms with E-state index in [0.717, 1.165) is 43.2 Å². The lowest BCUT2D eigenvalue weighted by molar-refractivity contribution is 0.0819. The van der Waals surface area contributed by atoms with Crippen molar-refractivity contribution in [3.05, 3.63) is 72.6 Å². The number of nitrogens with zero attached hydrogens (tertiary/aromatic N) is 5. The Balaban J connectivity index is 1.22. The Labute approximate surface area is 233 Å². The number of carbonyl (C=O) groups is 1. The zero-order valence-corrected chi connectivity index (χ0v) is 22.5. The molecule has 3 aromatic rings. The van der Waals surface area contributed by atoms with Gasteiger partial charge in [0.2, 0.25) is 5.95 Å². The topological polar surface area (TPSA) is 113 Å². The number of rotatable bonds is 7. The van der Waals surface area contributed by atoms with E-state index in [9.17, 15) is 10.1 Å². The third kappa shape index (κ3) is 6.68. The lowest BCUT2D eigenvalue weighted by atomic mass is 10.1. The first-order valence-corrected chi connectivity index (χ1v) is 13.3. The number of ether oxygens (including phenoxy) is 3. The fraction of sp³-hybridized carbons (Fsp3) is 0.333. The Bertz CT molecular complexity index is 1390. The van der Waals surface area contributed by atoms with Crippen LogP contribution in [0.2, 0.25) is 0 Å². The van der Waals surface area contributed by atoms with E-state index in [1.807, 2.05) is 24.3 Å². The molecule has 2 aliphatic rings. The number of piperidine rings is 1. The Morgan fingerprint density at radius 1 is 1.10 bits per heavy atom. The molecule has 2 fully saturated rings. The molecule has 0 atom stereocenters. The average molecular weight is 541 g/mol. The van der Waals surface area contributed by atoms with Gasteiger partial charge in [-0.1, -0.05) is 6.58 Å². The number of likely N-dealkylation sites (tertiary alicyclic amines) is 1. The van der Waals surface area contributed by atoms with Gasteiger partial charge in [0.25, 0.3) is 0 Å². The number of benzene rings is 2. The van der Waals surface area contributed by atoms with Crippen molar-refractivity contribution in [2.75, 3.05) is 49.6 Å². The van der Waals surface area contributed by atoms with Gasteiger partial charge in [-0.05, 0) is 55.5 Å². The first-order chi connectivity index (χ1) is 19.5. The lowest BCUT2D eigenvalue weighted by Crippen LogP contribution is -2.41. The van der Waals surface area contributed by atoms with Gasteiger partial charge in [0.1, 0.15) is 17.9 Å². The molecule has 2 aliphatic heterocycles. The van der Waals surface area contributed by atoms with Crippen LogP contribution in [0.3, 0.4) is 0 Å². The summed E-state index contributed by atoms with van der Waals surface area (Å²) in [4.78, 5) is 25.1. The normalized spacial score (nSPS) is 15.7. The number of morpholine rings is 1. The van der Waals surface area contributed by atoms with Crippen LogP contribution in [0.1, 0.15) is 25.3 Å². The quantitative estimate of drug-likeness (QED) is 0.409. The maximum atomic E-state index is 12.1. The van der Waals surface area contributed by atoms with E-state index in [4.69, 9.17) is 14.2 Å². The summed E-state index contributed by atoms with van der Waals surface area (Å²) in [6, 6.07) is 17.7. The van der Waals surface area contributed by atoms with E-state index < -0.39 is 6.09 Å². The van der Waals surface area contributed by atoms with Crippen LogP contribution in [0, 0.1) is 11.3 Å². The Hall–Kier alpha value is -4.62. The minimum absolute atomic E-state index is 0.101. The summed E-state index contributed by atoms with van der Waals surface area (Å²) in [5, 5.41) is 13.1. The molecule has 0 saturated carbocycles. The fourth-order valence-electron chi connectivity index (χ4n) is 4.71.